The number of halogens is 3. The second-order valence-corrected chi connectivity index (χ2v) is 14.6. The molecule has 48 heavy (non-hydrogen) atoms. The van der Waals surface area contributed by atoms with Crippen LogP contribution in [-0.4, -0.2) is 66.3 Å². The van der Waals surface area contributed by atoms with Crippen LogP contribution in [0.4, 0.5) is 11.4 Å². The summed E-state index contributed by atoms with van der Waals surface area (Å²) in [7, 11) is 16.6. The molecule has 0 atom stereocenters. The van der Waals surface area contributed by atoms with Gasteiger partial charge in [-0.25, -0.2) is 19.1 Å². The molecule has 2 aliphatic heterocycles. The number of anilines is 2. The molecule has 6 rings (SSSR count). The van der Waals surface area contributed by atoms with Crippen LogP contribution >= 0.6 is 22.7 Å². The van der Waals surface area contributed by atoms with E-state index in [-0.39, 0.29) is 56.7 Å². The topological polar surface area (TPSA) is 38.3 Å². The van der Waals surface area contributed by atoms with Crippen LogP contribution in [0.5, 0.6) is 0 Å². The van der Waals surface area contributed by atoms with Gasteiger partial charge in [0.15, 0.2) is 0 Å². The number of hydrogen-bond acceptors (Lipinski definition) is 6. The smallest absolute Gasteiger partial charge is 1.00 e. The third kappa shape index (κ3) is 9.04. The van der Waals surface area contributed by atoms with Crippen LogP contribution in [0.1, 0.15) is 22.3 Å². The second-order valence-electron chi connectivity index (χ2n) is 12.4. The monoisotopic (exact) mass is 793 g/mol. The number of fused-ring (bicyclic) bond motifs is 4. The average Bonchev–Trinajstić information content (AvgIpc) is 2.95. The standard InChI is InChI=1S/2C18H22N3S.3ClH.Zn/c2*1-11-7-13(20(3)4)9-15-17(11)19-18-12(2)8-14(21(5)6)10-16(18)22-15;;;;/h2*7-10H,1-6H3;3*1H;/q2*+1;;;;+2/p-3. The molecule has 0 spiro atoms. The number of benzene rings is 4. The van der Waals surface area contributed by atoms with E-state index in [4.69, 9.17) is 9.97 Å². The van der Waals surface area contributed by atoms with Crippen molar-refractivity contribution < 1.29 is 56.7 Å². The number of aromatic nitrogens is 2. The molecule has 0 fully saturated rings. The Kier molecular flexibility index (Phi) is 15.9. The molecule has 2 heterocycles. The molecule has 12 heteroatoms. The Bertz CT molecular complexity index is 1980. The molecule has 0 unspecified atom stereocenters. The van der Waals surface area contributed by atoms with Crippen LogP contribution in [0.15, 0.2) is 48.5 Å². The summed E-state index contributed by atoms with van der Waals surface area (Å²) in [6.45, 7) is 8.57. The van der Waals surface area contributed by atoms with Crippen molar-refractivity contribution in [2.75, 3.05) is 66.2 Å². The molecule has 6 nitrogen and oxygen atoms in total. The first-order valence-corrected chi connectivity index (χ1v) is 16.4. The normalized spacial score (nSPS) is 10.2. The van der Waals surface area contributed by atoms with E-state index in [0.717, 1.165) is 22.4 Å². The van der Waals surface area contributed by atoms with Gasteiger partial charge in [0.05, 0.1) is 41.6 Å². The van der Waals surface area contributed by atoms with E-state index in [0.29, 0.717) is 0 Å². The first-order valence-electron chi connectivity index (χ1n) is 14.8. The molecule has 0 saturated carbocycles. The number of hydrogen-bond donors (Lipinski definition) is 0. The molecule has 2 aliphatic carbocycles. The van der Waals surface area contributed by atoms with E-state index < -0.39 is 0 Å². The summed E-state index contributed by atoms with van der Waals surface area (Å²) < 4.78 is 6.77. The van der Waals surface area contributed by atoms with Crippen LogP contribution in [0.25, 0.3) is 41.6 Å². The summed E-state index contributed by atoms with van der Waals surface area (Å²) in [5, 5.41) is 2.45. The van der Waals surface area contributed by atoms with Gasteiger partial charge < -0.3 is 47.0 Å². The molecule has 0 saturated heterocycles. The average molecular weight is 797 g/mol. The maximum atomic E-state index is 4.95. The molecule has 0 radical (unpaired) electrons. The first kappa shape index (κ1) is 43.6. The van der Waals surface area contributed by atoms with Crippen molar-refractivity contribution >= 4 is 54.5 Å². The van der Waals surface area contributed by atoms with Gasteiger partial charge in [0.25, 0.3) is 0 Å². The van der Waals surface area contributed by atoms with Crippen LogP contribution in [0, 0.1) is 27.7 Å². The SMILES string of the molecule is Cc1cc(=[N+](C)C)cc2sc3cc(N(C)C)cc(C)c3nc1-2.Cc1cc(=[N+](C)C)cc2sc3cc(N(C)C)cc(C)c3nc1-2.[Cl-].[Cl-].[Cl-].[Zn+2]. The minimum Gasteiger partial charge on any atom is -1.00 e. The van der Waals surface area contributed by atoms with Gasteiger partial charge in [0, 0.05) is 63.8 Å². The molecule has 252 valence electrons. The van der Waals surface area contributed by atoms with Crippen LogP contribution in [0.3, 0.4) is 0 Å². The van der Waals surface area contributed by atoms with E-state index in [2.05, 4.69) is 152 Å². The van der Waals surface area contributed by atoms with Gasteiger partial charge in [-0.1, -0.05) is 0 Å². The minimum atomic E-state index is 0. The molecule has 0 aromatic heterocycles. The minimum absolute atomic E-state index is 0. The predicted octanol–water partition coefficient (Wildman–Crippen LogP) is -2.76. The van der Waals surface area contributed by atoms with E-state index >= 15 is 0 Å². The molecule has 4 aliphatic rings. The number of aryl methyl sites for hydroxylation is 4. The van der Waals surface area contributed by atoms with E-state index in [9.17, 15) is 0 Å². The Morgan fingerprint density at radius 1 is 0.500 bits per heavy atom. The summed E-state index contributed by atoms with van der Waals surface area (Å²) in [6.07, 6.45) is 0. The zero-order chi connectivity index (χ0) is 32.0. The van der Waals surface area contributed by atoms with Crippen molar-refractivity contribution in [2.45, 2.75) is 27.7 Å². The third-order valence-corrected chi connectivity index (χ3v) is 10.1. The Hall–Kier alpha value is -2.39. The molecule has 0 bridgehead atoms. The Balaban J connectivity index is 0.000000443. The fourth-order valence-electron chi connectivity index (χ4n) is 5.29. The van der Waals surface area contributed by atoms with Crippen LogP contribution in [-0.2, 0) is 19.5 Å². The molecule has 2 aromatic carbocycles. The largest absolute Gasteiger partial charge is 2.00 e. The van der Waals surface area contributed by atoms with Gasteiger partial charge in [0.2, 0.25) is 10.7 Å². The molecule has 0 N–H and O–H groups in total. The fourth-order valence-corrected chi connectivity index (χ4v) is 7.70. The Morgan fingerprint density at radius 2 is 0.833 bits per heavy atom. The van der Waals surface area contributed by atoms with E-state index in [1.54, 1.807) is 0 Å². The molecule has 2 aromatic rings. The molecular formula is C36H44Cl3N6S2Zn+. The van der Waals surface area contributed by atoms with E-state index in [1.165, 1.54) is 63.5 Å². The van der Waals surface area contributed by atoms with Crippen molar-refractivity contribution in [3.05, 3.63) is 81.5 Å². The number of nitrogens with zero attached hydrogens (tertiary/aromatic N) is 6. The summed E-state index contributed by atoms with van der Waals surface area (Å²) in [5.41, 5.74) is 11.8. The Morgan fingerprint density at radius 3 is 1.12 bits per heavy atom. The summed E-state index contributed by atoms with van der Waals surface area (Å²) in [4.78, 5) is 16.7. The fraction of sp³-hybridized carbons (Fsp3) is 0.333. The van der Waals surface area contributed by atoms with Crippen molar-refractivity contribution in [1.82, 2.24) is 19.1 Å². The van der Waals surface area contributed by atoms with Crippen molar-refractivity contribution in [2.24, 2.45) is 0 Å². The maximum Gasteiger partial charge on any atom is 2.00 e. The maximum absolute atomic E-state index is 4.95. The third-order valence-electron chi connectivity index (χ3n) is 7.95. The van der Waals surface area contributed by atoms with Crippen molar-refractivity contribution in [3.63, 3.8) is 0 Å². The van der Waals surface area contributed by atoms with Gasteiger partial charge in [0.1, 0.15) is 28.2 Å². The first-order chi connectivity index (χ1) is 20.7. The van der Waals surface area contributed by atoms with E-state index in [1.807, 2.05) is 22.7 Å². The second kappa shape index (κ2) is 17.5. The van der Waals surface area contributed by atoms with Crippen LogP contribution in [0.2, 0.25) is 0 Å². The van der Waals surface area contributed by atoms with Gasteiger partial charge in [-0.05, 0) is 74.2 Å². The van der Waals surface area contributed by atoms with Gasteiger partial charge in [-0.2, -0.15) is 0 Å². The van der Waals surface area contributed by atoms with Crippen molar-refractivity contribution in [1.29, 1.82) is 0 Å². The summed E-state index contributed by atoms with van der Waals surface area (Å²) in [6, 6.07) is 17.8. The zero-order valence-electron chi connectivity index (χ0n) is 30.0. The van der Waals surface area contributed by atoms with Crippen LogP contribution < -0.4 is 66.9 Å². The van der Waals surface area contributed by atoms with Gasteiger partial charge >= 0.3 is 19.5 Å². The van der Waals surface area contributed by atoms with Gasteiger partial charge in [-0.15, -0.1) is 22.7 Å². The molecule has 0 amide bonds. The summed E-state index contributed by atoms with van der Waals surface area (Å²) in [5.74, 6) is 0. The quantitative estimate of drug-likeness (QED) is 0.108. The van der Waals surface area contributed by atoms with Gasteiger partial charge in [-0.3, -0.25) is 0 Å². The zero-order valence-corrected chi connectivity index (χ0v) is 36.8. The summed E-state index contributed by atoms with van der Waals surface area (Å²) >= 11 is 3.65. The molecular weight excluding hydrogens is 752 g/mol. The van der Waals surface area contributed by atoms with Crippen molar-refractivity contribution in [3.8, 4) is 21.1 Å². The predicted molar refractivity (Wildman–Crippen MR) is 194 cm³/mol. The Labute approximate surface area is 324 Å². The number of rotatable bonds is 2.